The normalized spacial score (nSPS) is 11.2. The number of carboxylic acid groups (broad SMARTS) is 1. The van der Waals surface area contributed by atoms with Crippen LogP contribution in [0, 0.1) is 5.92 Å². The second-order valence-corrected chi connectivity index (χ2v) is 4.16. The minimum atomic E-state index is -0.950. The third-order valence-electron chi connectivity index (χ3n) is 2.31. The maximum atomic E-state index is 11.2. The molecule has 0 aliphatic carbocycles. The van der Waals surface area contributed by atoms with Crippen molar-refractivity contribution < 1.29 is 9.90 Å². The van der Waals surface area contributed by atoms with Gasteiger partial charge in [-0.05, 0) is 5.92 Å². The highest BCUT2D eigenvalue weighted by molar-refractivity contribution is 6.00. The first-order valence-corrected chi connectivity index (χ1v) is 5.11. The predicted molar refractivity (Wildman–Crippen MR) is 59.3 cm³/mol. The van der Waals surface area contributed by atoms with Crippen LogP contribution in [0.25, 0.3) is 10.9 Å². The van der Waals surface area contributed by atoms with Gasteiger partial charge < -0.3 is 9.67 Å². The lowest BCUT2D eigenvalue weighted by molar-refractivity contribution is 0.0686. The first-order valence-electron chi connectivity index (χ1n) is 5.11. The van der Waals surface area contributed by atoms with E-state index in [2.05, 4.69) is 9.97 Å². The highest BCUT2D eigenvalue weighted by Crippen LogP contribution is 2.19. The van der Waals surface area contributed by atoms with Crippen LogP contribution in [0.4, 0.5) is 0 Å². The van der Waals surface area contributed by atoms with Crippen LogP contribution in [-0.4, -0.2) is 25.6 Å². The molecule has 0 radical (unpaired) electrons. The Labute approximate surface area is 92.8 Å². The summed E-state index contributed by atoms with van der Waals surface area (Å²) in [4.78, 5) is 19.1. The molecule has 5 nitrogen and oxygen atoms in total. The zero-order valence-corrected chi connectivity index (χ0v) is 9.21. The van der Waals surface area contributed by atoms with Gasteiger partial charge in [-0.15, -0.1) is 0 Å². The average molecular weight is 219 g/mol. The number of aromatic carboxylic acids is 1. The van der Waals surface area contributed by atoms with Gasteiger partial charge >= 0.3 is 5.97 Å². The molecule has 2 rings (SSSR count). The molecule has 2 aromatic rings. The average Bonchev–Trinajstić information content (AvgIpc) is 2.53. The molecule has 0 spiro atoms. The Morgan fingerprint density at radius 3 is 2.94 bits per heavy atom. The van der Waals surface area contributed by atoms with E-state index in [0.29, 0.717) is 18.0 Å². The fraction of sp³-hybridized carbons (Fsp3) is 0.364. The largest absolute Gasteiger partial charge is 0.477 e. The molecule has 0 saturated carbocycles. The quantitative estimate of drug-likeness (QED) is 0.854. The Kier molecular flexibility index (Phi) is 2.60. The number of hydrogen-bond donors (Lipinski definition) is 1. The minimum absolute atomic E-state index is 0.242. The van der Waals surface area contributed by atoms with Gasteiger partial charge in [0.05, 0.1) is 0 Å². The van der Waals surface area contributed by atoms with Gasteiger partial charge in [-0.25, -0.2) is 14.8 Å². The molecule has 0 aliphatic rings. The van der Waals surface area contributed by atoms with Crippen LogP contribution in [0.2, 0.25) is 0 Å². The van der Waals surface area contributed by atoms with E-state index in [1.807, 2.05) is 13.8 Å². The van der Waals surface area contributed by atoms with Crippen molar-refractivity contribution in [2.45, 2.75) is 20.4 Å². The maximum absolute atomic E-state index is 11.2. The van der Waals surface area contributed by atoms with Crippen molar-refractivity contribution in [3.63, 3.8) is 0 Å². The van der Waals surface area contributed by atoms with Crippen LogP contribution in [0.15, 0.2) is 18.7 Å². The number of carboxylic acids is 1. The van der Waals surface area contributed by atoms with Crippen molar-refractivity contribution in [1.82, 2.24) is 14.5 Å². The predicted octanol–water partition coefficient (Wildman–Crippen LogP) is 1.79. The van der Waals surface area contributed by atoms with E-state index >= 15 is 0 Å². The van der Waals surface area contributed by atoms with Gasteiger partial charge in [0, 0.05) is 24.3 Å². The zero-order chi connectivity index (χ0) is 11.7. The van der Waals surface area contributed by atoms with Crippen molar-refractivity contribution in [1.29, 1.82) is 0 Å². The topological polar surface area (TPSA) is 68.0 Å². The lowest BCUT2D eigenvalue weighted by Crippen LogP contribution is -2.11. The second-order valence-electron chi connectivity index (χ2n) is 4.16. The maximum Gasteiger partial charge on any atom is 0.354 e. The van der Waals surface area contributed by atoms with Crippen LogP contribution in [-0.2, 0) is 6.54 Å². The molecular weight excluding hydrogens is 206 g/mol. The first-order chi connectivity index (χ1) is 7.59. The van der Waals surface area contributed by atoms with Crippen molar-refractivity contribution >= 4 is 16.9 Å². The Bertz CT molecular complexity index is 531. The van der Waals surface area contributed by atoms with Gasteiger partial charge in [0.25, 0.3) is 0 Å². The number of carbonyl (C=O) groups is 1. The molecule has 5 heteroatoms. The van der Waals surface area contributed by atoms with Crippen LogP contribution in [0.3, 0.4) is 0 Å². The highest BCUT2D eigenvalue weighted by atomic mass is 16.4. The lowest BCUT2D eigenvalue weighted by atomic mass is 10.2. The molecule has 16 heavy (non-hydrogen) atoms. The number of nitrogens with zero attached hydrogens (tertiary/aromatic N) is 3. The van der Waals surface area contributed by atoms with Crippen molar-refractivity contribution in [2.75, 3.05) is 0 Å². The standard InChI is InChI=1S/C11H13N3O2/c1-7(2)4-14-5-8-3-12-6-13-9(8)10(14)11(15)16/h3,5-7H,4H2,1-2H3,(H,15,16). The summed E-state index contributed by atoms with van der Waals surface area (Å²) in [6, 6.07) is 0. The Hall–Kier alpha value is -1.91. The van der Waals surface area contributed by atoms with E-state index in [1.165, 1.54) is 6.33 Å². The fourth-order valence-electron chi connectivity index (χ4n) is 1.76. The zero-order valence-electron chi connectivity index (χ0n) is 9.21. The van der Waals surface area contributed by atoms with Crippen LogP contribution < -0.4 is 0 Å². The number of hydrogen-bond acceptors (Lipinski definition) is 3. The van der Waals surface area contributed by atoms with Gasteiger partial charge in [0.15, 0.2) is 5.69 Å². The summed E-state index contributed by atoms with van der Waals surface area (Å²) in [6.07, 6.45) is 4.79. The second kappa shape index (κ2) is 3.92. The molecule has 2 aromatic heterocycles. The molecule has 0 saturated heterocycles. The Balaban J connectivity index is 2.63. The number of aromatic nitrogens is 3. The van der Waals surface area contributed by atoms with E-state index in [1.54, 1.807) is 17.0 Å². The summed E-state index contributed by atoms with van der Waals surface area (Å²) in [5.74, 6) is -0.567. The van der Waals surface area contributed by atoms with Gasteiger partial charge in [0.1, 0.15) is 11.8 Å². The molecule has 0 aromatic carbocycles. The Morgan fingerprint density at radius 1 is 1.56 bits per heavy atom. The fourth-order valence-corrected chi connectivity index (χ4v) is 1.76. The first kappa shape index (κ1) is 10.6. The van der Waals surface area contributed by atoms with Gasteiger partial charge in [-0.3, -0.25) is 0 Å². The van der Waals surface area contributed by atoms with E-state index in [-0.39, 0.29) is 5.69 Å². The molecular formula is C11H13N3O2. The summed E-state index contributed by atoms with van der Waals surface area (Å²) in [6.45, 7) is 4.75. The van der Waals surface area contributed by atoms with Crippen molar-refractivity contribution in [3.8, 4) is 0 Å². The summed E-state index contributed by atoms with van der Waals surface area (Å²) in [7, 11) is 0. The summed E-state index contributed by atoms with van der Waals surface area (Å²) in [5, 5.41) is 9.95. The van der Waals surface area contributed by atoms with E-state index in [0.717, 1.165) is 5.39 Å². The van der Waals surface area contributed by atoms with Gasteiger partial charge in [-0.1, -0.05) is 13.8 Å². The third kappa shape index (κ3) is 1.76. The van der Waals surface area contributed by atoms with Crippen molar-refractivity contribution in [2.24, 2.45) is 5.92 Å². The minimum Gasteiger partial charge on any atom is -0.477 e. The monoisotopic (exact) mass is 219 g/mol. The van der Waals surface area contributed by atoms with Gasteiger partial charge in [-0.2, -0.15) is 0 Å². The molecule has 0 atom stereocenters. The SMILES string of the molecule is CC(C)Cn1cc2cncnc2c1C(=O)O. The Morgan fingerprint density at radius 2 is 2.31 bits per heavy atom. The highest BCUT2D eigenvalue weighted by Gasteiger charge is 2.17. The molecule has 0 bridgehead atoms. The van der Waals surface area contributed by atoms with E-state index < -0.39 is 5.97 Å². The molecule has 0 unspecified atom stereocenters. The van der Waals surface area contributed by atoms with Gasteiger partial charge in [0.2, 0.25) is 0 Å². The van der Waals surface area contributed by atoms with Crippen molar-refractivity contribution in [3.05, 3.63) is 24.4 Å². The van der Waals surface area contributed by atoms with E-state index in [9.17, 15) is 9.90 Å². The molecule has 0 aliphatic heterocycles. The molecule has 0 amide bonds. The third-order valence-corrected chi connectivity index (χ3v) is 2.31. The molecule has 1 N–H and O–H groups in total. The van der Waals surface area contributed by atoms with Crippen LogP contribution in [0.5, 0.6) is 0 Å². The van der Waals surface area contributed by atoms with Crippen LogP contribution in [0.1, 0.15) is 24.3 Å². The summed E-state index contributed by atoms with van der Waals surface area (Å²) >= 11 is 0. The van der Waals surface area contributed by atoms with Crippen LogP contribution >= 0.6 is 0 Å². The van der Waals surface area contributed by atoms with E-state index in [4.69, 9.17) is 0 Å². The lowest BCUT2D eigenvalue weighted by Gasteiger charge is -2.08. The number of fused-ring (bicyclic) bond motifs is 1. The summed E-state index contributed by atoms with van der Waals surface area (Å²) in [5.41, 5.74) is 0.745. The molecule has 2 heterocycles. The molecule has 0 fully saturated rings. The molecule has 84 valence electrons. The summed E-state index contributed by atoms with van der Waals surface area (Å²) < 4.78 is 1.73. The smallest absolute Gasteiger partial charge is 0.354 e. The number of rotatable bonds is 3.